The molecule has 2 aromatic carbocycles. The topological polar surface area (TPSA) is 33.2 Å². The molecular weight excluding hydrogens is 316 g/mol. The van der Waals surface area contributed by atoms with Crippen LogP contribution in [0.5, 0.6) is 0 Å². The van der Waals surface area contributed by atoms with Gasteiger partial charge in [0.25, 0.3) is 0 Å². The molecule has 0 fully saturated rings. The number of hydrogen-bond acceptors (Lipinski definition) is 4. The maximum Gasteiger partial charge on any atom is 0.188 e. The molecule has 1 heterocycles. The average molecular weight is 334 g/mol. The zero-order valence-electron chi connectivity index (χ0n) is 13.7. The van der Waals surface area contributed by atoms with Gasteiger partial charge >= 0.3 is 0 Å². The lowest BCUT2D eigenvalue weighted by molar-refractivity contribution is 0.867. The van der Waals surface area contributed by atoms with Crippen molar-refractivity contribution in [1.82, 2.24) is 4.98 Å². The molecule has 0 N–H and O–H groups in total. The summed E-state index contributed by atoms with van der Waals surface area (Å²) in [6.07, 6.45) is 0. The average Bonchev–Trinajstić information content (AvgIpc) is 2.62. The molecule has 1 aliphatic carbocycles. The predicted molar refractivity (Wildman–Crippen MR) is 104 cm³/mol. The highest BCUT2D eigenvalue weighted by Crippen LogP contribution is 2.35. The first kappa shape index (κ1) is 15.1. The van der Waals surface area contributed by atoms with Crippen LogP contribution < -0.4 is 10.3 Å². The zero-order chi connectivity index (χ0) is 16.7. The highest BCUT2D eigenvalue weighted by molar-refractivity contribution is 7.21. The Morgan fingerprint density at radius 1 is 1.00 bits per heavy atom. The van der Waals surface area contributed by atoms with E-state index in [1.54, 1.807) is 17.4 Å². The fourth-order valence-electron chi connectivity index (χ4n) is 3.20. The molecule has 1 aliphatic heterocycles. The Kier molecular flexibility index (Phi) is 3.69. The maximum absolute atomic E-state index is 12.4. The van der Waals surface area contributed by atoms with Crippen molar-refractivity contribution >= 4 is 38.0 Å². The molecule has 0 aromatic heterocycles. The zero-order valence-corrected chi connectivity index (χ0v) is 14.6. The summed E-state index contributed by atoms with van der Waals surface area (Å²) in [4.78, 5) is 20.5. The van der Waals surface area contributed by atoms with Gasteiger partial charge < -0.3 is 4.90 Å². The van der Waals surface area contributed by atoms with Crippen molar-refractivity contribution in [3.05, 3.63) is 58.8 Å². The lowest BCUT2D eigenvalue weighted by Crippen LogP contribution is -2.21. The third-order valence-corrected chi connectivity index (χ3v) is 5.55. The van der Waals surface area contributed by atoms with Crippen molar-refractivity contribution < 1.29 is 0 Å². The number of anilines is 1. The van der Waals surface area contributed by atoms with Crippen molar-refractivity contribution in [2.24, 2.45) is 0 Å². The van der Waals surface area contributed by atoms with Crippen molar-refractivity contribution in [1.29, 1.82) is 0 Å². The van der Waals surface area contributed by atoms with Crippen molar-refractivity contribution in [2.75, 3.05) is 18.0 Å². The van der Waals surface area contributed by atoms with E-state index >= 15 is 0 Å². The normalized spacial score (nSPS) is 11.4. The molecule has 0 atom stereocenters. The fourth-order valence-corrected chi connectivity index (χ4v) is 4.25. The van der Waals surface area contributed by atoms with Crippen LogP contribution in [0, 0.1) is 0 Å². The van der Waals surface area contributed by atoms with Crippen LogP contribution in [0.15, 0.2) is 53.3 Å². The molecule has 3 nitrogen and oxygen atoms in total. The first-order chi connectivity index (χ1) is 11.7. The Balaban J connectivity index is 2.02. The molecule has 2 aliphatic rings. The minimum Gasteiger partial charge on any atom is -0.372 e. The predicted octanol–water partition coefficient (Wildman–Crippen LogP) is 4.76. The standard InChI is InChI=1S/C20H18N2OS/c1-3-22(4-2)13-9-10-16-18(11-13)24-19-12-17(23)14-7-5-6-8-15(14)20(19)21-16/h5-12H,3-4H2,1-2H3. The van der Waals surface area contributed by atoms with E-state index in [-0.39, 0.29) is 5.43 Å². The molecule has 4 heteroatoms. The third-order valence-electron chi connectivity index (χ3n) is 4.47. The Labute approximate surface area is 144 Å². The van der Waals surface area contributed by atoms with Crippen molar-refractivity contribution in [3.8, 4) is 10.6 Å². The molecule has 0 radical (unpaired) electrons. The number of fused-ring (bicyclic) bond motifs is 4. The van der Waals surface area contributed by atoms with E-state index in [2.05, 4.69) is 36.9 Å². The Hall–Kier alpha value is -2.46. The second-order valence-electron chi connectivity index (χ2n) is 5.81. The first-order valence-electron chi connectivity index (χ1n) is 8.22. The fraction of sp³-hybridized carbons (Fsp3) is 0.200. The van der Waals surface area contributed by atoms with Gasteiger partial charge in [-0.25, -0.2) is 4.98 Å². The Morgan fingerprint density at radius 2 is 1.75 bits per heavy atom. The molecule has 2 aromatic rings. The van der Waals surface area contributed by atoms with Crippen LogP contribution >= 0.6 is 11.3 Å². The second-order valence-corrected chi connectivity index (χ2v) is 6.89. The van der Waals surface area contributed by atoms with Gasteiger partial charge in [0.2, 0.25) is 0 Å². The second kappa shape index (κ2) is 5.87. The number of nitrogens with zero attached hydrogens (tertiary/aromatic N) is 2. The van der Waals surface area contributed by atoms with Crippen LogP contribution in [0.4, 0.5) is 5.69 Å². The van der Waals surface area contributed by atoms with Gasteiger partial charge in [-0.2, -0.15) is 0 Å². The van der Waals surface area contributed by atoms with Crippen LogP contribution in [0.2, 0.25) is 0 Å². The van der Waals surface area contributed by atoms with Crippen molar-refractivity contribution in [2.45, 2.75) is 13.8 Å². The van der Waals surface area contributed by atoms with E-state index in [0.29, 0.717) is 0 Å². The van der Waals surface area contributed by atoms with Gasteiger partial charge in [0, 0.05) is 35.6 Å². The number of hydrogen-bond donors (Lipinski definition) is 0. The molecule has 120 valence electrons. The van der Waals surface area contributed by atoms with Gasteiger partial charge in [-0.05, 0) is 32.0 Å². The molecule has 24 heavy (non-hydrogen) atoms. The summed E-state index contributed by atoms with van der Waals surface area (Å²) in [6.45, 7) is 6.27. The van der Waals surface area contributed by atoms with Crippen molar-refractivity contribution in [3.63, 3.8) is 0 Å². The van der Waals surface area contributed by atoms with Gasteiger partial charge in [-0.3, -0.25) is 4.79 Å². The Bertz CT molecular complexity index is 1070. The monoisotopic (exact) mass is 334 g/mol. The number of benzene rings is 3. The number of aromatic nitrogens is 1. The van der Waals surface area contributed by atoms with E-state index in [0.717, 1.165) is 44.6 Å². The van der Waals surface area contributed by atoms with E-state index in [1.807, 2.05) is 24.3 Å². The quantitative estimate of drug-likeness (QED) is 0.400. The van der Waals surface area contributed by atoms with Gasteiger partial charge in [-0.15, -0.1) is 11.3 Å². The molecule has 0 bridgehead atoms. The summed E-state index contributed by atoms with van der Waals surface area (Å²) in [5.41, 5.74) is 3.16. The highest BCUT2D eigenvalue weighted by Gasteiger charge is 2.14. The smallest absolute Gasteiger partial charge is 0.188 e. The molecule has 0 saturated carbocycles. The largest absolute Gasteiger partial charge is 0.372 e. The van der Waals surface area contributed by atoms with E-state index in [1.165, 1.54) is 5.69 Å². The SMILES string of the molecule is CCN(CC)c1ccc2nc3c4ccccc4c(=O)cc-3sc2c1. The minimum atomic E-state index is 0.0652. The number of rotatable bonds is 3. The first-order valence-corrected chi connectivity index (χ1v) is 9.04. The van der Waals surface area contributed by atoms with Gasteiger partial charge in [-0.1, -0.05) is 24.3 Å². The van der Waals surface area contributed by atoms with Crippen LogP contribution in [0.25, 0.3) is 31.6 Å². The molecule has 4 rings (SSSR count). The summed E-state index contributed by atoms with van der Waals surface area (Å²) in [5.74, 6) is 0. The lowest BCUT2D eigenvalue weighted by Gasteiger charge is -2.21. The van der Waals surface area contributed by atoms with E-state index < -0.39 is 0 Å². The highest BCUT2D eigenvalue weighted by atomic mass is 32.1. The molecular formula is C20H18N2OS. The van der Waals surface area contributed by atoms with Gasteiger partial charge in [0.1, 0.15) is 0 Å². The van der Waals surface area contributed by atoms with Crippen LogP contribution in [0.1, 0.15) is 13.8 Å². The third kappa shape index (κ3) is 2.34. The molecule has 0 amide bonds. The van der Waals surface area contributed by atoms with Crippen LogP contribution in [-0.4, -0.2) is 18.1 Å². The summed E-state index contributed by atoms with van der Waals surface area (Å²) in [6, 6.07) is 15.8. The summed E-state index contributed by atoms with van der Waals surface area (Å²) in [5, 5.41) is 1.68. The summed E-state index contributed by atoms with van der Waals surface area (Å²) in [7, 11) is 0. The Morgan fingerprint density at radius 3 is 2.50 bits per heavy atom. The van der Waals surface area contributed by atoms with Crippen LogP contribution in [0.3, 0.4) is 0 Å². The summed E-state index contributed by atoms with van der Waals surface area (Å²) >= 11 is 1.64. The van der Waals surface area contributed by atoms with Gasteiger partial charge in [0.15, 0.2) is 5.43 Å². The van der Waals surface area contributed by atoms with E-state index in [9.17, 15) is 4.79 Å². The maximum atomic E-state index is 12.4. The lowest BCUT2D eigenvalue weighted by atomic mass is 10.1. The minimum absolute atomic E-state index is 0.0652. The molecule has 0 unspecified atom stereocenters. The van der Waals surface area contributed by atoms with E-state index in [4.69, 9.17) is 4.98 Å². The summed E-state index contributed by atoms with van der Waals surface area (Å²) < 4.78 is 1.11. The van der Waals surface area contributed by atoms with Gasteiger partial charge in [0.05, 0.1) is 20.8 Å². The molecule has 0 spiro atoms. The van der Waals surface area contributed by atoms with Crippen LogP contribution in [-0.2, 0) is 0 Å². The molecule has 0 saturated heterocycles.